The van der Waals surface area contributed by atoms with Gasteiger partial charge in [0.15, 0.2) is 4.73 Å². The van der Waals surface area contributed by atoms with E-state index >= 15 is 0 Å². The Balaban J connectivity index is 2.87. The Morgan fingerprint density at radius 2 is 2.06 bits per heavy atom. The Morgan fingerprint density at radius 3 is 2.59 bits per heavy atom. The van der Waals surface area contributed by atoms with Crippen LogP contribution in [0.4, 0.5) is 8.78 Å². The Kier molecular flexibility index (Phi) is 3.13. The number of aromatic amines is 1. The van der Waals surface area contributed by atoms with Gasteiger partial charge in [-0.15, -0.1) is 0 Å². The predicted molar refractivity (Wildman–Crippen MR) is 61.8 cm³/mol. The fourth-order valence-corrected chi connectivity index (χ4v) is 2.80. The minimum atomic E-state index is -4.14. The summed E-state index contributed by atoms with van der Waals surface area (Å²) in [7, 11) is 1.05. The molecule has 17 heavy (non-hydrogen) atoms. The monoisotopic (exact) mass is 344 g/mol. The highest BCUT2D eigenvalue weighted by Gasteiger charge is 2.21. The number of H-pyrrole nitrogens is 1. The Hall–Kier alpha value is -0.730. The molecule has 4 nitrogen and oxygen atoms in total. The lowest BCUT2D eigenvalue weighted by Crippen LogP contribution is -1.95. The van der Waals surface area contributed by atoms with E-state index in [1.807, 2.05) is 0 Å². The molecule has 0 amide bonds. The minimum Gasteiger partial charge on any atom is -0.332 e. The van der Waals surface area contributed by atoms with Crippen molar-refractivity contribution < 1.29 is 17.2 Å². The lowest BCUT2D eigenvalue weighted by molar-refractivity contribution is 0.151. The molecule has 1 N–H and O–H groups in total. The van der Waals surface area contributed by atoms with Crippen molar-refractivity contribution in [3.8, 4) is 0 Å². The molecule has 0 aliphatic heterocycles. The first-order chi connectivity index (χ1) is 7.79. The second kappa shape index (κ2) is 4.18. The molecule has 0 saturated heterocycles. The number of nitrogens with one attached hydrogen (secondary N) is 1. The van der Waals surface area contributed by atoms with Gasteiger partial charge in [-0.1, -0.05) is 0 Å². The van der Waals surface area contributed by atoms with E-state index in [2.05, 4.69) is 25.9 Å². The summed E-state index contributed by atoms with van der Waals surface area (Å²) in [4.78, 5) is 6.01. The fourth-order valence-electron chi connectivity index (χ4n) is 1.39. The van der Waals surface area contributed by atoms with Gasteiger partial charge in [0.05, 0.1) is 5.52 Å². The molecular formula is C8H4BrClF2N2O2S. The summed E-state index contributed by atoms with van der Waals surface area (Å²) in [5.74, 6) is 0. The molecule has 92 valence electrons. The summed E-state index contributed by atoms with van der Waals surface area (Å²) >= 11 is 3.00. The van der Waals surface area contributed by atoms with E-state index in [-0.39, 0.29) is 15.8 Å². The van der Waals surface area contributed by atoms with E-state index in [0.717, 1.165) is 12.1 Å². The number of halogens is 4. The Labute approximate surface area is 108 Å². The molecule has 0 spiro atoms. The third kappa shape index (κ3) is 2.43. The molecule has 0 saturated carbocycles. The number of imidazole rings is 1. The summed E-state index contributed by atoms with van der Waals surface area (Å²) in [6.45, 7) is 0. The highest BCUT2D eigenvalue weighted by molar-refractivity contribution is 9.10. The average Bonchev–Trinajstić information content (AvgIpc) is 2.54. The Morgan fingerprint density at radius 1 is 1.41 bits per heavy atom. The number of fused-ring (bicyclic) bond motifs is 1. The van der Waals surface area contributed by atoms with Crippen LogP contribution in [-0.4, -0.2) is 18.4 Å². The molecule has 0 aliphatic carbocycles. The van der Waals surface area contributed by atoms with Crippen LogP contribution < -0.4 is 0 Å². The molecule has 0 atom stereocenters. The first kappa shape index (κ1) is 12.7. The van der Waals surface area contributed by atoms with E-state index in [9.17, 15) is 17.2 Å². The maximum atomic E-state index is 12.6. The molecule has 1 aromatic heterocycles. The zero-order chi connectivity index (χ0) is 12.8. The summed E-state index contributed by atoms with van der Waals surface area (Å²) in [5, 5.41) is 0. The van der Waals surface area contributed by atoms with E-state index in [1.165, 1.54) is 0 Å². The summed E-state index contributed by atoms with van der Waals surface area (Å²) in [6.07, 6.45) is -2.79. The number of nitrogens with zero attached hydrogens (tertiary/aromatic N) is 1. The van der Waals surface area contributed by atoms with Crippen molar-refractivity contribution in [1.29, 1.82) is 0 Å². The maximum absolute atomic E-state index is 12.6. The van der Waals surface area contributed by atoms with E-state index in [1.54, 1.807) is 0 Å². The van der Waals surface area contributed by atoms with Crippen LogP contribution in [-0.2, 0) is 9.05 Å². The van der Waals surface area contributed by atoms with Crippen molar-refractivity contribution in [2.75, 3.05) is 0 Å². The zero-order valence-electron chi connectivity index (χ0n) is 7.92. The van der Waals surface area contributed by atoms with Gasteiger partial charge in [-0.05, 0) is 28.1 Å². The van der Waals surface area contributed by atoms with Crippen molar-refractivity contribution >= 4 is 46.7 Å². The van der Waals surface area contributed by atoms with Crippen molar-refractivity contribution in [3.05, 3.63) is 22.4 Å². The largest absolute Gasteiger partial charge is 0.332 e. The average molecular weight is 346 g/mol. The van der Waals surface area contributed by atoms with Gasteiger partial charge in [0.2, 0.25) is 0 Å². The normalized spacial score (nSPS) is 12.5. The number of hydrogen-bond donors (Lipinski definition) is 1. The van der Waals surface area contributed by atoms with Crippen LogP contribution in [0.1, 0.15) is 12.0 Å². The van der Waals surface area contributed by atoms with Gasteiger partial charge in [0, 0.05) is 16.2 Å². The second-order valence-electron chi connectivity index (χ2n) is 3.18. The molecular weight excluding hydrogens is 342 g/mol. The molecule has 9 heteroatoms. The number of hydrogen-bond acceptors (Lipinski definition) is 3. The lowest BCUT2D eigenvalue weighted by atomic mass is 10.2. The maximum Gasteiger partial charge on any atom is 0.263 e. The van der Waals surface area contributed by atoms with Crippen LogP contribution in [0.15, 0.2) is 21.8 Å². The van der Waals surface area contributed by atoms with Crippen LogP contribution in [0.2, 0.25) is 0 Å². The number of aromatic nitrogens is 2. The second-order valence-corrected chi connectivity index (χ2v) is 6.47. The van der Waals surface area contributed by atoms with Crippen LogP contribution in [0.25, 0.3) is 11.0 Å². The third-order valence-electron chi connectivity index (χ3n) is 2.06. The molecule has 2 rings (SSSR count). The standard InChI is InChI=1S/C8H4BrClF2N2O2S/c9-8-13-4-1-3(7(11)12)2-5(6(4)14-8)17(10,15)16/h1-2,7H,(H,13,14). The molecule has 1 aromatic carbocycles. The van der Waals surface area contributed by atoms with Crippen LogP contribution in [0.3, 0.4) is 0 Å². The highest BCUT2D eigenvalue weighted by atomic mass is 79.9. The molecule has 2 aromatic rings. The summed E-state index contributed by atoms with van der Waals surface area (Å²) < 4.78 is 48.0. The lowest BCUT2D eigenvalue weighted by Gasteiger charge is -2.03. The van der Waals surface area contributed by atoms with Crippen molar-refractivity contribution in [2.45, 2.75) is 11.3 Å². The quantitative estimate of drug-likeness (QED) is 0.850. The van der Waals surface area contributed by atoms with Crippen molar-refractivity contribution in [3.63, 3.8) is 0 Å². The molecule has 0 radical (unpaired) electrons. The van der Waals surface area contributed by atoms with E-state index < -0.39 is 25.9 Å². The molecule has 1 heterocycles. The molecule has 0 bridgehead atoms. The zero-order valence-corrected chi connectivity index (χ0v) is 11.1. The predicted octanol–water partition coefficient (Wildman–Crippen LogP) is 3.19. The minimum absolute atomic E-state index is 0.0243. The van der Waals surface area contributed by atoms with Crippen LogP contribution >= 0.6 is 26.6 Å². The van der Waals surface area contributed by atoms with Gasteiger partial charge in [-0.25, -0.2) is 22.2 Å². The van der Waals surface area contributed by atoms with E-state index in [4.69, 9.17) is 10.7 Å². The van der Waals surface area contributed by atoms with Gasteiger partial charge in [-0.2, -0.15) is 0 Å². The van der Waals surface area contributed by atoms with Gasteiger partial charge >= 0.3 is 0 Å². The molecule has 0 aliphatic rings. The van der Waals surface area contributed by atoms with Crippen LogP contribution in [0, 0.1) is 0 Å². The number of alkyl halides is 2. The van der Waals surface area contributed by atoms with Crippen molar-refractivity contribution in [1.82, 2.24) is 9.97 Å². The molecule has 0 unspecified atom stereocenters. The molecule has 0 fully saturated rings. The van der Waals surface area contributed by atoms with Crippen LogP contribution in [0.5, 0.6) is 0 Å². The number of benzene rings is 1. The Bertz CT molecular complexity index is 686. The highest BCUT2D eigenvalue weighted by Crippen LogP contribution is 2.31. The SMILES string of the molecule is O=S(=O)(Cl)c1cc(C(F)F)cc2[nH]c(Br)nc12. The van der Waals surface area contributed by atoms with Gasteiger partial charge in [0.1, 0.15) is 10.4 Å². The summed E-state index contributed by atoms with van der Waals surface area (Å²) in [5.41, 5.74) is -0.238. The fraction of sp³-hybridized carbons (Fsp3) is 0.125. The topological polar surface area (TPSA) is 62.8 Å². The smallest absolute Gasteiger partial charge is 0.263 e. The first-order valence-electron chi connectivity index (χ1n) is 4.21. The van der Waals surface area contributed by atoms with E-state index in [0.29, 0.717) is 0 Å². The van der Waals surface area contributed by atoms with Crippen molar-refractivity contribution in [2.24, 2.45) is 0 Å². The van der Waals surface area contributed by atoms with Gasteiger partial charge < -0.3 is 4.98 Å². The summed E-state index contributed by atoms with van der Waals surface area (Å²) in [6, 6.07) is 1.95. The number of rotatable bonds is 2. The first-order valence-corrected chi connectivity index (χ1v) is 7.31. The third-order valence-corrected chi connectivity index (χ3v) is 3.77. The van der Waals surface area contributed by atoms with Gasteiger partial charge in [0.25, 0.3) is 15.5 Å². The van der Waals surface area contributed by atoms with Gasteiger partial charge in [-0.3, -0.25) is 0 Å².